The molecule has 112 valence electrons. The summed E-state index contributed by atoms with van der Waals surface area (Å²) in [7, 11) is 0. The van der Waals surface area contributed by atoms with E-state index in [0.29, 0.717) is 13.0 Å². The summed E-state index contributed by atoms with van der Waals surface area (Å²) in [5.41, 5.74) is 3.23. The van der Waals surface area contributed by atoms with Crippen molar-refractivity contribution in [3.05, 3.63) is 59.4 Å². The predicted octanol–water partition coefficient (Wildman–Crippen LogP) is 3.68. The van der Waals surface area contributed by atoms with Crippen molar-refractivity contribution < 1.29 is 9.13 Å². The van der Waals surface area contributed by atoms with E-state index >= 15 is 0 Å². The second-order valence-corrected chi connectivity index (χ2v) is 5.35. The number of fused-ring (bicyclic) bond motifs is 1. The molecule has 2 aromatic carbocycles. The van der Waals surface area contributed by atoms with Gasteiger partial charge in [-0.05, 0) is 42.3 Å². The Morgan fingerprint density at radius 2 is 2.00 bits per heavy atom. The van der Waals surface area contributed by atoms with Crippen molar-refractivity contribution in [1.82, 2.24) is 0 Å². The molecule has 0 N–H and O–H groups in total. The number of hydrogen-bond acceptors (Lipinski definition) is 3. The third-order valence-electron chi connectivity index (χ3n) is 3.83. The normalized spacial score (nSPS) is 13.7. The molecule has 0 amide bonds. The number of anilines is 1. The largest absolute Gasteiger partial charge is 0.491 e. The molecule has 0 radical (unpaired) electrons. The van der Waals surface area contributed by atoms with Crippen LogP contribution in [0.15, 0.2) is 42.5 Å². The fraction of sp³-hybridized carbons (Fsp3) is 0.278. The second-order valence-electron chi connectivity index (χ2n) is 5.35. The second kappa shape index (κ2) is 6.48. The Hall–Kier alpha value is -2.54. The van der Waals surface area contributed by atoms with Gasteiger partial charge in [0.15, 0.2) is 0 Å². The van der Waals surface area contributed by atoms with Crippen molar-refractivity contribution in [2.75, 3.05) is 18.1 Å². The standard InChI is InChI=1S/C18H17FN2O/c19-16-5-7-17(8-6-16)21-10-11-22-18-12-14(2-1-9-20)3-4-15(18)13-21/h3-8,12H,1-2,10-11,13H2. The average Bonchev–Trinajstić information content (AvgIpc) is 2.75. The zero-order chi connectivity index (χ0) is 15.4. The summed E-state index contributed by atoms with van der Waals surface area (Å²) >= 11 is 0. The van der Waals surface area contributed by atoms with Gasteiger partial charge >= 0.3 is 0 Å². The monoisotopic (exact) mass is 296 g/mol. The Balaban J connectivity index is 1.81. The van der Waals surface area contributed by atoms with E-state index in [1.165, 1.54) is 12.1 Å². The van der Waals surface area contributed by atoms with Crippen LogP contribution < -0.4 is 9.64 Å². The molecule has 1 aliphatic rings. The van der Waals surface area contributed by atoms with Gasteiger partial charge in [0.2, 0.25) is 0 Å². The molecule has 0 saturated heterocycles. The number of nitrogens with zero attached hydrogens (tertiary/aromatic N) is 2. The van der Waals surface area contributed by atoms with Crippen LogP contribution in [0.5, 0.6) is 5.75 Å². The minimum absolute atomic E-state index is 0.225. The molecule has 0 unspecified atom stereocenters. The Morgan fingerprint density at radius 1 is 1.18 bits per heavy atom. The summed E-state index contributed by atoms with van der Waals surface area (Å²) in [6, 6.07) is 14.8. The molecule has 0 saturated carbocycles. The Labute approximate surface area is 129 Å². The van der Waals surface area contributed by atoms with Gasteiger partial charge < -0.3 is 9.64 Å². The zero-order valence-electron chi connectivity index (χ0n) is 12.3. The lowest BCUT2D eigenvalue weighted by Gasteiger charge is -2.22. The summed E-state index contributed by atoms with van der Waals surface area (Å²) in [5.74, 6) is 0.664. The summed E-state index contributed by atoms with van der Waals surface area (Å²) in [6.07, 6.45) is 1.26. The van der Waals surface area contributed by atoms with Crippen LogP contribution in [0.25, 0.3) is 0 Å². The van der Waals surface area contributed by atoms with E-state index in [1.54, 1.807) is 12.1 Å². The first-order valence-electron chi connectivity index (χ1n) is 7.38. The van der Waals surface area contributed by atoms with Crippen LogP contribution in [0, 0.1) is 17.1 Å². The summed E-state index contributed by atoms with van der Waals surface area (Å²) in [5, 5.41) is 8.68. The molecule has 0 atom stereocenters. The van der Waals surface area contributed by atoms with E-state index in [4.69, 9.17) is 10.00 Å². The third-order valence-corrected chi connectivity index (χ3v) is 3.83. The Kier molecular flexibility index (Phi) is 4.24. The van der Waals surface area contributed by atoms with Crippen LogP contribution >= 0.6 is 0 Å². The fourth-order valence-electron chi connectivity index (χ4n) is 2.64. The molecule has 1 heterocycles. The SMILES string of the molecule is N#CCCc1ccc2c(c1)OCCN(c1ccc(F)cc1)C2. The molecule has 0 bridgehead atoms. The van der Waals surface area contributed by atoms with E-state index in [-0.39, 0.29) is 5.82 Å². The number of benzene rings is 2. The summed E-state index contributed by atoms with van der Waals surface area (Å²) in [6.45, 7) is 2.08. The lowest BCUT2D eigenvalue weighted by atomic mass is 10.1. The van der Waals surface area contributed by atoms with Crippen molar-refractivity contribution >= 4 is 5.69 Å². The quantitative estimate of drug-likeness (QED) is 0.867. The third kappa shape index (κ3) is 3.20. The highest BCUT2D eigenvalue weighted by Gasteiger charge is 2.16. The Morgan fingerprint density at radius 3 is 2.77 bits per heavy atom. The molecule has 3 rings (SSSR count). The topological polar surface area (TPSA) is 36.3 Å². The minimum Gasteiger partial charge on any atom is -0.491 e. The first-order valence-corrected chi connectivity index (χ1v) is 7.38. The molecule has 2 aromatic rings. The van der Waals surface area contributed by atoms with Crippen molar-refractivity contribution in [1.29, 1.82) is 5.26 Å². The van der Waals surface area contributed by atoms with Gasteiger partial charge in [-0.25, -0.2) is 4.39 Å². The lowest BCUT2D eigenvalue weighted by molar-refractivity contribution is 0.331. The van der Waals surface area contributed by atoms with Gasteiger partial charge in [-0.1, -0.05) is 12.1 Å². The predicted molar refractivity (Wildman–Crippen MR) is 83.3 cm³/mol. The lowest BCUT2D eigenvalue weighted by Crippen LogP contribution is -2.25. The van der Waals surface area contributed by atoms with Crippen molar-refractivity contribution in [2.45, 2.75) is 19.4 Å². The maximum atomic E-state index is 13.1. The molecule has 22 heavy (non-hydrogen) atoms. The van der Waals surface area contributed by atoms with Crippen LogP contribution in [0.2, 0.25) is 0 Å². The average molecular weight is 296 g/mol. The van der Waals surface area contributed by atoms with Crippen molar-refractivity contribution in [2.24, 2.45) is 0 Å². The Bertz CT molecular complexity index is 691. The number of nitriles is 1. The number of halogens is 1. The number of rotatable bonds is 3. The molecule has 0 aromatic heterocycles. The highest BCUT2D eigenvalue weighted by Crippen LogP contribution is 2.27. The number of hydrogen-bond donors (Lipinski definition) is 0. The highest BCUT2D eigenvalue weighted by molar-refractivity contribution is 5.49. The van der Waals surface area contributed by atoms with E-state index in [1.807, 2.05) is 12.1 Å². The van der Waals surface area contributed by atoms with E-state index in [9.17, 15) is 4.39 Å². The number of aryl methyl sites for hydroxylation is 1. The van der Waals surface area contributed by atoms with Crippen LogP contribution in [0.3, 0.4) is 0 Å². The van der Waals surface area contributed by atoms with E-state index in [2.05, 4.69) is 17.0 Å². The first kappa shape index (κ1) is 14.4. The van der Waals surface area contributed by atoms with E-state index < -0.39 is 0 Å². The van der Waals surface area contributed by atoms with Gasteiger partial charge in [0.05, 0.1) is 12.6 Å². The van der Waals surface area contributed by atoms with Crippen molar-refractivity contribution in [3.63, 3.8) is 0 Å². The van der Waals surface area contributed by atoms with Crippen LogP contribution in [-0.4, -0.2) is 13.2 Å². The van der Waals surface area contributed by atoms with E-state index in [0.717, 1.165) is 42.1 Å². The van der Waals surface area contributed by atoms with Gasteiger partial charge in [-0.3, -0.25) is 0 Å². The van der Waals surface area contributed by atoms with Crippen molar-refractivity contribution in [3.8, 4) is 11.8 Å². The van der Waals surface area contributed by atoms with Gasteiger partial charge in [-0.15, -0.1) is 0 Å². The van der Waals surface area contributed by atoms with Gasteiger partial charge in [0.25, 0.3) is 0 Å². The number of ether oxygens (including phenoxy) is 1. The van der Waals surface area contributed by atoms with Crippen LogP contribution in [0.4, 0.5) is 10.1 Å². The van der Waals surface area contributed by atoms with Gasteiger partial charge in [0.1, 0.15) is 18.2 Å². The molecule has 0 fully saturated rings. The molecular weight excluding hydrogens is 279 g/mol. The molecule has 0 spiro atoms. The molecular formula is C18H17FN2O. The minimum atomic E-state index is -0.225. The maximum absolute atomic E-state index is 13.1. The zero-order valence-corrected chi connectivity index (χ0v) is 12.3. The maximum Gasteiger partial charge on any atom is 0.124 e. The smallest absolute Gasteiger partial charge is 0.124 e. The summed E-state index contributed by atoms with van der Waals surface area (Å²) < 4.78 is 18.9. The first-order chi connectivity index (χ1) is 10.8. The summed E-state index contributed by atoms with van der Waals surface area (Å²) in [4.78, 5) is 2.18. The van der Waals surface area contributed by atoms with Crippen LogP contribution in [-0.2, 0) is 13.0 Å². The molecule has 1 aliphatic heterocycles. The molecule has 4 heteroatoms. The fourth-order valence-corrected chi connectivity index (χ4v) is 2.64. The van der Waals surface area contributed by atoms with Gasteiger partial charge in [-0.2, -0.15) is 5.26 Å². The molecule has 3 nitrogen and oxygen atoms in total. The van der Waals surface area contributed by atoms with Gasteiger partial charge in [0, 0.05) is 24.2 Å². The highest BCUT2D eigenvalue weighted by atomic mass is 19.1. The van der Waals surface area contributed by atoms with Crippen LogP contribution in [0.1, 0.15) is 17.5 Å². The molecule has 0 aliphatic carbocycles.